The topological polar surface area (TPSA) is 76.0 Å². The van der Waals surface area contributed by atoms with Gasteiger partial charge in [-0.05, 0) is 70.2 Å². The molecule has 36 heavy (non-hydrogen) atoms. The number of H-pyrrole nitrogens is 1. The van der Waals surface area contributed by atoms with Crippen LogP contribution in [0, 0.1) is 12.7 Å². The van der Waals surface area contributed by atoms with Crippen LogP contribution in [0.5, 0.6) is 5.75 Å². The van der Waals surface area contributed by atoms with Crippen LogP contribution >= 0.6 is 11.6 Å². The summed E-state index contributed by atoms with van der Waals surface area (Å²) in [5.41, 5.74) is 5.43. The van der Waals surface area contributed by atoms with E-state index >= 15 is 0 Å². The number of aliphatic hydroxyl groups is 1. The monoisotopic (exact) mass is 510 g/mol. The summed E-state index contributed by atoms with van der Waals surface area (Å²) in [4.78, 5) is 7.93. The molecule has 6 nitrogen and oxygen atoms in total. The minimum Gasteiger partial charge on any atom is -0.491 e. The van der Waals surface area contributed by atoms with E-state index in [2.05, 4.69) is 27.6 Å². The Morgan fingerprint density at radius 3 is 2.64 bits per heavy atom. The fraction of sp³-hybridized carbons (Fsp3) is 0.429. The van der Waals surface area contributed by atoms with Crippen molar-refractivity contribution in [3.05, 3.63) is 64.5 Å². The van der Waals surface area contributed by atoms with Gasteiger partial charge in [0, 0.05) is 46.1 Å². The van der Waals surface area contributed by atoms with E-state index < -0.39 is 5.82 Å². The highest BCUT2D eigenvalue weighted by molar-refractivity contribution is 6.31. The molecule has 1 aliphatic rings. The molecule has 3 aromatic heterocycles. The SMILES string of the molecule is Cc1c(-c2cnc3[nH]cc([C@H](C)c4c(OC(C)C)ccc(F)c4Cl)c3c2)cnn1[C@H]1CC[C@H](O)CC1. The Bertz CT molecular complexity index is 1390. The van der Waals surface area contributed by atoms with E-state index in [1.165, 1.54) is 6.07 Å². The average Bonchev–Trinajstić information content (AvgIpc) is 3.44. The van der Waals surface area contributed by atoms with Crippen molar-refractivity contribution in [3.63, 3.8) is 0 Å². The van der Waals surface area contributed by atoms with Crippen molar-refractivity contribution in [1.29, 1.82) is 0 Å². The maximum atomic E-state index is 14.5. The van der Waals surface area contributed by atoms with Crippen molar-refractivity contribution >= 4 is 22.6 Å². The molecule has 1 fully saturated rings. The summed E-state index contributed by atoms with van der Waals surface area (Å²) in [5.74, 6) is -0.117. The molecule has 2 N–H and O–H groups in total. The molecule has 1 aliphatic carbocycles. The molecule has 0 radical (unpaired) electrons. The van der Waals surface area contributed by atoms with Crippen LogP contribution in [0.4, 0.5) is 4.39 Å². The second kappa shape index (κ2) is 9.87. The van der Waals surface area contributed by atoms with Crippen LogP contribution in [0.3, 0.4) is 0 Å². The van der Waals surface area contributed by atoms with E-state index in [4.69, 9.17) is 21.4 Å². The molecule has 0 spiro atoms. The molecule has 5 rings (SSSR count). The van der Waals surface area contributed by atoms with E-state index in [0.717, 1.165) is 59.1 Å². The van der Waals surface area contributed by atoms with E-state index in [-0.39, 0.29) is 23.1 Å². The number of hydrogen-bond acceptors (Lipinski definition) is 4. The highest BCUT2D eigenvalue weighted by Gasteiger charge is 2.26. The third-order valence-electron chi connectivity index (χ3n) is 7.29. The minimum atomic E-state index is -0.466. The number of pyridine rings is 1. The predicted octanol–water partition coefficient (Wildman–Crippen LogP) is 6.94. The highest BCUT2D eigenvalue weighted by atomic mass is 35.5. The largest absolute Gasteiger partial charge is 0.491 e. The fourth-order valence-corrected chi connectivity index (χ4v) is 5.69. The van der Waals surface area contributed by atoms with E-state index in [9.17, 15) is 9.50 Å². The molecule has 0 amide bonds. The van der Waals surface area contributed by atoms with Crippen LogP contribution < -0.4 is 4.74 Å². The standard InChI is InChI=1S/C28H32ClFN4O2/c1-15(2)36-25-10-9-24(30)27(29)26(25)16(3)22-13-32-28-21(22)11-18(12-31-28)23-14-33-34(17(23)4)19-5-7-20(35)8-6-19/h9-16,19-20,35H,5-8H2,1-4H3,(H,31,32)/t16-,19-,20-/m0/s1. The van der Waals surface area contributed by atoms with Gasteiger partial charge in [-0.1, -0.05) is 18.5 Å². The first-order chi connectivity index (χ1) is 17.2. The Labute approximate surface area is 215 Å². The number of nitrogens with zero attached hydrogens (tertiary/aromatic N) is 3. The third-order valence-corrected chi connectivity index (χ3v) is 7.67. The van der Waals surface area contributed by atoms with Crippen molar-refractivity contribution in [1.82, 2.24) is 19.7 Å². The summed E-state index contributed by atoms with van der Waals surface area (Å²) in [6.07, 6.45) is 8.87. The molecule has 0 unspecified atom stereocenters. The summed E-state index contributed by atoms with van der Waals surface area (Å²) in [5, 5.41) is 15.6. The fourth-order valence-electron chi connectivity index (χ4n) is 5.37. The molecule has 1 aromatic carbocycles. The van der Waals surface area contributed by atoms with Gasteiger partial charge in [0.2, 0.25) is 0 Å². The van der Waals surface area contributed by atoms with Gasteiger partial charge in [-0.15, -0.1) is 0 Å². The molecule has 4 aromatic rings. The van der Waals surface area contributed by atoms with Crippen LogP contribution in [0.25, 0.3) is 22.2 Å². The van der Waals surface area contributed by atoms with Crippen molar-refractivity contribution in [2.45, 2.75) is 77.5 Å². The lowest BCUT2D eigenvalue weighted by Crippen LogP contribution is -2.22. The number of fused-ring (bicyclic) bond motifs is 1. The lowest BCUT2D eigenvalue weighted by Gasteiger charge is -2.26. The number of benzene rings is 1. The lowest BCUT2D eigenvalue weighted by atomic mass is 9.91. The molecule has 190 valence electrons. The number of nitrogens with one attached hydrogen (secondary N) is 1. The lowest BCUT2D eigenvalue weighted by molar-refractivity contribution is 0.107. The molecule has 0 bridgehead atoms. The summed E-state index contributed by atoms with van der Waals surface area (Å²) >= 11 is 6.47. The molecule has 0 aliphatic heterocycles. The Hall–Kier alpha value is -2.90. The molecule has 1 atom stereocenters. The van der Waals surface area contributed by atoms with Crippen LogP contribution in [0.1, 0.15) is 75.2 Å². The first-order valence-electron chi connectivity index (χ1n) is 12.6. The van der Waals surface area contributed by atoms with Gasteiger partial charge in [0.05, 0.1) is 29.5 Å². The van der Waals surface area contributed by atoms with Gasteiger partial charge in [-0.25, -0.2) is 9.37 Å². The van der Waals surface area contributed by atoms with Crippen molar-refractivity contribution in [3.8, 4) is 16.9 Å². The first kappa shape index (κ1) is 24.8. The van der Waals surface area contributed by atoms with Crippen LogP contribution in [0.15, 0.2) is 36.8 Å². The second-order valence-corrected chi connectivity index (χ2v) is 10.5. The van der Waals surface area contributed by atoms with Crippen LogP contribution in [-0.4, -0.2) is 37.1 Å². The van der Waals surface area contributed by atoms with Gasteiger partial charge in [-0.2, -0.15) is 5.10 Å². The minimum absolute atomic E-state index is 0.0688. The van der Waals surface area contributed by atoms with E-state index in [1.807, 2.05) is 39.4 Å². The van der Waals surface area contributed by atoms with Crippen molar-refractivity contribution < 1.29 is 14.2 Å². The van der Waals surface area contributed by atoms with Gasteiger partial charge in [0.15, 0.2) is 0 Å². The number of halogens is 2. The summed E-state index contributed by atoms with van der Waals surface area (Å²) < 4.78 is 22.6. The van der Waals surface area contributed by atoms with Gasteiger partial charge >= 0.3 is 0 Å². The van der Waals surface area contributed by atoms with Gasteiger partial charge in [-0.3, -0.25) is 4.68 Å². The van der Waals surface area contributed by atoms with E-state index in [0.29, 0.717) is 17.4 Å². The van der Waals surface area contributed by atoms with Crippen LogP contribution in [0.2, 0.25) is 5.02 Å². The Kier molecular flexibility index (Phi) is 6.79. The Balaban J connectivity index is 1.53. The Morgan fingerprint density at radius 2 is 1.92 bits per heavy atom. The zero-order valence-electron chi connectivity index (χ0n) is 21.1. The number of hydrogen-bond donors (Lipinski definition) is 2. The zero-order valence-corrected chi connectivity index (χ0v) is 21.8. The first-order valence-corrected chi connectivity index (χ1v) is 13.0. The number of rotatable bonds is 6. The quantitative estimate of drug-likeness (QED) is 0.294. The average molecular weight is 511 g/mol. The molecule has 8 heteroatoms. The normalized spacial score (nSPS) is 19.2. The highest BCUT2D eigenvalue weighted by Crippen LogP contribution is 2.41. The maximum absolute atomic E-state index is 14.5. The van der Waals surface area contributed by atoms with E-state index in [1.54, 1.807) is 6.07 Å². The van der Waals surface area contributed by atoms with Crippen molar-refractivity contribution in [2.75, 3.05) is 0 Å². The molecular weight excluding hydrogens is 479 g/mol. The second-order valence-electron chi connectivity index (χ2n) is 10.1. The molecule has 1 saturated carbocycles. The summed E-state index contributed by atoms with van der Waals surface area (Å²) in [7, 11) is 0. The summed E-state index contributed by atoms with van der Waals surface area (Å²) in [6, 6.07) is 5.41. The van der Waals surface area contributed by atoms with Gasteiger partial charge < -0.3 is 14.8 Å². The number of aliphatic hydroxyl groups excluding tert-OH is 1. The molecular formula is C28H32ClFN4O2. The van der Waals surface area contributed by atoms with Gasteiger partial charge in [0.1, 0.15) is 17.2 Å². The molecule has 0 saturated heterocycles. The molecule has 3 heterocycles. The van der Waals surface area contributed by atoms with Crippen LogP contribution in [-0.2, 0) is 0 Å². The van der Waals surface area contributed by atoms with Gasteiger partial charge in [0.25, 0.3) is 0 Å². The maximum Gasteiger partial charge on any atom is 0.142 e. The third kappa shape index (κ3) is 4.50. The Morgan fingerprint density at radius 1 is 1.17 bits per heavy atom. The zero-order chi connectivity index (χ0) is 25.6. The smallest absolute Gasteiger partial charge is 0.142 e. The summed E-state index contributed by atoms with van der Waals surface area (Å²) in [6.45, 7) is 7.96. The number of ether oxygens (including phenoxy) is 1. The predicted molar refractivity (Wildman–Crippen MR) is 140 cm³/mol. The number of aromatic amines is 1. The van der Waals surface area contributed by atoms with Crippen molar-refractivity contribution in [2.24, 2.45) is 0 Å². The number of aromatic nitrogens is 4.